The number of benzene rings is 2. The van der Waals surface area contributed by atoms with Gasteiger partial charge in [0.2, 0.25) is 6.86 Å². The minimum Gasteiger partial charge on any atom is -0.457 e. The summed E-state index contributed by atoms with van der Waals surface area (Å²) in [5, 5.41) is 4.31. The highest BCUT2D eigenvalue weighted by Crippen LogP contribution is 2.29. The molecule has 0 unspecified atom stereocenters. The zero-order valence-corrected chi connectivity index (χ0v) is 18.4. The molecule has 1 aliphatic heterocycles. The first-order valence-corrected chi connectivity index (χ1v) is 10.8. The van der Waals surface area contributed by atoms with E-state index in [-0.39, 0.29) is 28.8 Å². The fourth-order valence-corrected chi connectivity index (χ4v) is 3.82. The van der Waals surface area contributed by atoms with E-state index in [0.717, 1.165) is 29.3 Å². The Morgan fingerprint density at radius 3 is 2.68 bits per heavy atom. The number of nitrogens with two attached hydrogens (primary N) is 1. The number of hydrogen-bond acceptors (Lipinski definition) is 6. The second-order valence-electron chi connectivity index (χ2n) is 7.66. The standard InChI is InChI=1S/C25H24F2N4O3/c26-16-34-23-15-31(22-7-6-18(14-20(22)27)17-9-12-33-13-10-17)30-24(25(23)32)21(8-11-28)29-19-4-2-1-3-5-19/h1-8,11,14-15,17H,9-10,12-13,16,28H2. The quantitative estimate of drug-likeness (QED) is 0.528. The van der Waals surface area contributed by atoms with Crippen LogP contribution in [0, 0.1) is 5.82 Å². The van der Waals surface area contributed by atoms with Crippen molar-refractivity contribution >= 4 is 11.4 Å². The highest BCUT2D eigenvalue weighted by atomic mass is 19.1. The Bertz CT molecular complexity index is 1250. The lowest BCUT2D eigenvalue weighted by Gasteiger charge is -2.22. The molecule has 0 bridgehead atoms. The van der Waals surface area contributed by atoms with Crippen molar-refractivity contribution in [2.24, 2.45) is 10.7 Å². The molecule has 0 amide bonds. The molecule has 176 valence electrons. The molecule has 1 fully saturated rings. The lowest BCUT2D eigenvalue weighted by atomic mass is 9.91. The summed E-state index contributed by atoms with van der Waals surface area (Å²) in [5.41, 5.74) is 6.33. The van der Waals surface area contributed by atoms with Gasteiger partial charge in [0.15, 0.2) is 11.4 Å². The molecule has 34 heavy (non-hydrogen) atoms. The first-order chi connectivity index (χ1) is 16.6. The molecule has 1 saturated heterocycles. The summed E-state index contributed by atoms with van der Waals surface area (Å²) in [4.78, 5) is 17.4. The van der Waals surface area contributed by atoms with Crippen LogP contribution in [0.4, 0.5) is 14.5 Å². The molecule has 0 radical (unpaired) electrons. The van der Waals surface area contributed by atoms with Gasteiger partial charge in [-0.3, -0.25) is 4.79 Å². The molecule has 3 aromatic rings. The van der Waals surface area contributed by atoms with Crippen LogP contribution in [0.5, 0.6) is 5.75 Å². The summed E-state index contributed by atoms with van der Waals surface area (Å²) in [5.74, 6) is -0.653. The van der Waals surface area contributed by atoms with Crippen molar-refractivity contribution in [2.75, 3.05) is 20.1 Å². The summed E-state index contributed by atoms with van der Waals surface area (Å²) in [6, 6.07) is 13.7. The molecule has 9 heteroatoms. The number of halogens is 2. The Morgan fingerprint density at radius 2 is 2.00 bits per heavy atom. The molecule has 1 aromatic heterocycles. The average molecular weight is 466 g/mol. The second-order valence-corrected chi connectivity index (χ2v) is 7.66. The molecular weight excluding hydrogens is 442 g/mol. The van der Waals surface area contributed by atoms with E-state index in [9.17, 15) is 9.18 Å². The topological polar surface area (TPSA) is 91.7 Å². The van der Waals surface area contributed by atoms with Crippen LogP contribution in [0.3, 0.4) is 0 Å². The molecule has 2 aromatic carbocycles. The molecule has 4 rings (SSSR count). The molecule has 2 heterocycles. The Balaban J connectivity index is 1.81. The third-order valence-corrected chi connectivity index (χ3v) is 5.51. The number of aliphatic imine (C=N–C) groups is 1. The van der Waals surface area contributed by atoms with Crippen LogP contribution in [0.1, 0.15) is 30.0 Å². The Hall–Kier alpha value is -3.85. The van der Waals surface area contributed by atoms with Gasteiger partial charge >= 0.3 is 0 Å². The maximum atomic E-state index is 15.2. The van der Waals surface area contributed by atoms with Gasteiger partial charge in [-0.2, -0.15) is 5.10 Å². The molecular formula is C25H24F2N4O3. The van der Waals surface area contributed by atoms with E-state index >= 15 is 4.39 Å². The van der Waals surface area contributed by atoms with Crippen LogP contribution < -0.4 is 15.9 Å². The first-order valence-electron chi connectivity index (χ1n) is 10.8. The molecule has 1 aliphatic rings. The summed E-state index contributed by atoms with van der Waals surface area (Å²) >= 11 is 0. The second kappa shape index (κ2) is 10.8. The minimum atomic E-state index is -1.23. The summed E-state index contributed by atoms with van der Waals surface area (Å²) in [7, 11) is 0. The van der Waals surface area contributed by atoms with Gasteiger partial charge in [-0.15, -0.1) is 0 Å². The first kappa shape index (κ1) is 23.3. The zero-order valence-electron chi connectivity index (χ0n) is 18.4. The number of ether oxygens (including phenoxy) is 2. The number of rotatable bonds is 7. The van der Waals surface area contributed by atoms with Gasteiger partial charge in [0.1, 0.15) is 11.5 Å². The number of para-hydroxylation sites is 1. The van der Waals surface area contributed by atoms with Crippen molar-refractivity contribution in [2.45, 2.75) is 18.8 Å². The van der Waals surface area contributed by atoms with Gasteiger partial charge in [-0.25, -0.2) is 18.5 Å². The summed E-state index contributed by atoms with van der Waals surface area (Å²) in [6.45, 7) is 0.0450. The molecule has 7 nitrogen and oxygen atoms in total. The number of allylic oxidation sites excluding steroid dienone is 1. The summed E-state index contributed by atoms with van der Waals surface area (Å²) < 4.78 is 39.6. The molecule has 0 saturated carbocycles. The lowest BCUT2D eigenvalue weighted by Crippen LogP contribution is -2.23. The van der Waals surface area contributed by atoms with Gasteiger partial charge in [0.05, 0.1) is 17.6 Å². The smallest absolute Gasteiger partial charge is 0.251 e. The van der Waals surface area contributed by atoms with E-state index in [1.165, 1.54) is 18.3 Å². The lowest BCUT2D eigenvalue weighted by molar-refractivity contribution is 0.0853. The molecule has 0 aliphatic carbocycles. The normalized spacial score (nSPS) is 15.1. The van der Waals surface area contributed by atoms with Gasteiger partial charge in [0, 0.05) is 13.2 Å². The average Bonchev–Trinajstić information content (AvgIpc) is 2.86. The maximum Gasteiger partial charge on any atom is 0.251 e. The van der Waals surface area contributed by atoms with Crippen LogP contribution in [0.2, 0.25) is 0 Å². The van der Waals surface area contributed by atoms with Crippen molar-refractivity contribution in [3.8, 4) is 11.4 Å². The molecule has 0 spiro atoms. The largest absolute Gasteiger partial charge is 0.457 e. The van der Waals surface area contributed by atoms with Crippen LogP contribution >= 0.6 is 0 Å². The van der Waals surface area contributed by atoms with Crippen molar-refractivity contribution < 1.29 is 18.3 Å². The number of aromatic nitrogens is 2. The fraction of sp³-hybridized carbons (Fsp3) is 0.240. The number of alkyl halides is 1. The van der Waals surface area contributed by atoms with E-state index in [1.807, 2.05) is 12.1 Å². The van der Waals surface area contributed by atoms with Crippen LogP contribution in [0.15, 0.2) is 76.8 Å². The van der Waals surface area contributed by atoms with E-state index in [1.54, 1.807) is 30.3 Å². The van der Waals surface area contributed by atoms with E-state index < -0.39 is 18.1 Å². The van der Waals surface area contributed by atoms with E-state index in [4.69, 9.17) is 15.2 Å². The van der Waals surface area contributed by atoms with Gasteiger partial charge in [-0.05, 0) is 60.9 Å². The predicted molar refractivity (Wildman–Crippen MR) is 125 cm³/mol. The van der Waals surface area contributed by atoms with Crippen molar-refractivity contribution in [1.29, 1.82) is 0 Å². The van der Waals surface area contributed by atoms with Crippen LogP contribution in [-0.4, -0.2) is 35.6 Å². The number of nitrogens with zero attached hydrogens (tertiary/aromatic N) is 3. The highest BCUT2D eigenvalue weighted by Gasteiger charge is 2.20. The Kier molecular flexibility index (Phi) is 7.44. The number of hydrogen-bond donors (Lipinski definition) is 1. The van der Waals surface area contributed by atoms with Crippen LogP contribution in [0.25, 0.3) is 5.69 Å². The summed E-state index contributed by atoms with van der Waals surface area (Å²) in [6.07, 6.45) is 5.39. The van der Waals surface area contributed by atoms with E-state index in [0.29, 0.717) is 18.9 Å². The Morgan fingerprint density at radius 1 is 1.24 bits per heavy atom. The Labute approximate surface area is 195 Å². The predicted octanol–water partition coefficient (Wildman–Crippen LogP) is 4.16. The monoisotopic (exact) mass is 466 g/mol. The van der Waals surface area contributed by atoms with Crippen molar-refractivity contribution in [3.63, 3.8) is 0 Å². The fourth-order valence-electron chi connectivity index (χ4n) is 3.82. The molecule has 0 atom stereocenters. The third-order valence-electron chi connectivity index (χ3n) is 5.51. The maximum absolute atomic E-state index is 15.2. The minimum absolute atomic E-state index is 0.0801. The van der Waals surface area contributed by atoms with Crippen LogP contribution in [-0.2, 0) is 4.74 Å². The van der Waals surface area contributed by atoms with Gasteiger partial charge in [0.25, 0.3) is 5.43 Å². The van der Waals surface area contributed by atoms with Crippen molar-refractivity contribution in [3.05, 3.63) is 94.3 Å². The third kappa shape index (κ3) is 5.20. The molecule has 2 N–H and O–H groups in total. The zero-order chi connectivity index (χ0) is 23.9. The van der Waals surface area contributed by atoms with Crippen molar-refractivity contribution in [1.82, 2.24) is 9.78 Å². The SMILES string of the molecule is NC=CC(=Nc1ccccc1)c1nn(-c2ccc(C3CCOCC3)cc2F)cc(OCF)c1=O. The van der Waals surface area contributed by atoms with E-state index in [2.05, 4.69) is 10.1 Å². The highest BCUT2D eigenvalue weighted by molar-refractivity contribution is 6.08. The van der Waals surface area contributed by atoms with Gasteiger partial charge in [-0.1, -0.05) is 24.3 Å². The van der Waals surface area contributed by atoms with Gasteiger partial charge < -0.3 is 15.2 Å².